The van der Waals surface area contributed by atoms with Crippen molar-refractivity contribution in [3.8, 4) is 5.69 Å². The molecule has 0 bridgehead atoms. The molecule has 1 aromatic heterocycles. The molecule has 1 unspecified atom stereocenters. The number of benzene rings is 2. The number of nitrogens with one attached hydrogen (secondary N) is 1. The smallest absolute Gasteiger partial charge is 0.317 e. The molecule has 172 valence electrons. The van der Waals surface area contributed by atoms with Gasteiger partial charge < -0.3 is 10.1 Å². The molecular weight excluding hydrogens is 438 g/mol. The van der Waals surface area contributed by atoms with Gasteiger partial charge in [-0.1, -0.05) is 24.3 Å². The Kier molecular flexibility index (Phi) is 6.74. The Balaban J connectivity index is 1.37. The average Bonchev–Trinajstić information content (AvgIpc) is 3.36. The molecule has 1 heterocycles. The van der Waals surface area contributed by atoms with Gasteiger partial charge in [-0.15, -0.1) is 11.8 Å². The minimum absolute atomic E-state index is 0.113. The number of esters is 1. The number of nitrogens with zero attached hydrogens (tertiary/aromatic N) is 2. The van der Waals surface area contributed by atoms with Gasteiger partial charge in [0.15, 0.2) is 6.10 Å². The SMILES string of the molecule is Cc1c(NC(=O)C(C)OC(=O)CSc2ccc3c(c2)CCC3)c(=O)n(-c2ccccc2)n1C. The predicted octanol–water partition coefficient (Wildman–Crippen LogP) is 3.64. The highest BCUT2D eigenvalue weighted by Crippen LogP contribution is 2.27. The zero-order valence-corrected chi connectivity index (χ0v) is 19.8. The molecule has 0 saturated heterocycles. The third-order valence-electron chi connectivity index (χ3n) is 5.91. The van der Waals surface area contributed by atoms with E-state index >= 15 is 0 Å². The lowest BCUT2D eigenvalue weighted by atomic mass is 10.1. The summed E-state index contributed by atoms with van der Waals surface area (Å²) in [6.45, 7) is 3.25. The van der Waals surface area contributed by atoms with Crippen LogP contribution in [0.5, 0.6) is 0 Å². The van der Waals surface area contributed by atoms with Gasteiger partial charge in [-0.05, 0) is 68.5 Å². The lowest BCUT2D eigenvalue weighted by Gasteiger charge is -2.13. The molecule has 1 N–H and O–H groups in total. The third kappa shape index (κ3) is 4.90. The van der Waals surface area contributed by atoms with Crippen molar-refractivity contribution in [2.45, 2.75) is 44.1 Å². The molecule has 1 aliphatic rings. The summed E-state index contributed by atoms with van der Waals surface area (Å²) < 4.78 is 8.47. The highest BCUT2D eigenvalue weighted by molar-refractivity contribution is 8.00. The van der Waals surface area contributed by atoms with Gasteiger partial charge in [-0.2, -0.15) is 0 Å². The number of ether oxygens (including phenoxy) is 1. The molecule has 1 amide bonds. The van der Waals surface area contributed by atoms with Crippen molar-refractivity contribution < 1.29 is 14.3 Å². The standard InChI is InChI=1S/C25H27N3O4S/c1-16-23(25(31)28(27(16)3)20-10-5-4-6-11-20)26-24(30)17(2)32-22(29)15-33-21-13-12-18-8-7-9-19(18)14-21/h4-6,10-14,17H,7-9,15H2,1-3H3,(H,26,30). The molecule has 2 aromatic carbocycles. The van der Waals surface area contributed by atoms with Gasteiger partial charge in [0.1, 0.15) is 5.69 Å². The first-order valence-electron chi connectivity index (χ1n) is 10.9. The average molecular weight is 466 g/mol. The maximum atomic E-state index is 12.9. The van der Waals surface area contributed by atoms with Crippen LogP contribution in [0.1, 0.15) is 30.2 Å². The normalized spacial score (nSPS) is 13.4. The number of aryl methyl sites for hydroxylation is 2. The van der Waals surface area contributed by atoms with Crippen molar-refractivity contribution in [2.75, 3.05) is 11.1 Å². The van der Waals surface area contributed by atoms with Gasteiger partial charge in [-0.3, -0.25) is 19.1 Å². The van der Waals surface area contributed by atoms with E-state index in [-0.39, 0.29) is 17.0 Å². The molecule has 33 heavy (non-hydrogen) atoms. The second kappa shape index (κ2) is 9.70. The molecule has 7 nitrogen and oxygen atoms in total. The Morgan fingerprint density at radius 2 is 1.85 bits per heavy atom. The lowest BCUT2D eigenvalue weighted by Crippen LogP contribution is -2.32. The summed E-state index contributed by atoms with van der Waals surface area (Å²) in [5, 5.41) is 2.64. The van der Waals surface area contributed by atoms with Crippen molar-refractivity contribution in [3.05, 3.63) is 75.7 Å². The number of para-hydroxylation sites is 1. The second-order valence-electron chi connectivity index (χ2n) is 8.13. The van der Waals surface area contributed by atoms with E-state index in [2.05, 4.69) is 17.4 Å². The van der Waals surface area contributed by atoms with E-state index in [9.17, 15) is 14.4 Å². The van der Waals surface area contributed by atoms with Crippen LogP contribution in [-0.2, 0) is 34.2 Å². The number of thioether (sulfide) groups is 1. The maximum absolute atomic E-state index is 12.9. The number of rotatable bonds is 7. The topological polar surface area (TPSA) is 82.3 Å². The fourth-order valence-electron chi connectivity index (χ4n) is 4.00. The first-order valence-corrected chi connectivity index (χ1v) is 11.9. The van der Waals surface area contributed by atoms with E-state index in [1.807, 2.05) is 36.4 Å². The Bertz CT molecular complexity index is 1250. The molecule has 1 aliphatic carbocycles. The Morgan fingerprint density at radius 1 is 1.12 bits per heavy atom. The molecule has 1 atom stereocenters. The molecule has 0 fully saturated rings. The van der Waals surface area contributed by atoms with Crippen LogP contribution in [0.3, 0.4) is 0 Å². The molecule has 0 aliphatic heterocycles. The summed E-state index contributed by atoms with van der Waals surface area (Å²) in [5.41, 5.74) is 3.84. The predicted molar refractivity (Wildman–Crippen MR) is 129 cm³/mol. The molecule has 4 rings (SSSR count). The van der Waals surface area contributed by atoms with Crippen LogP contribution in [0.2, 0.25) is 0 Å². The second-order valence-corrected chi connectivity index (χ2v) is 9.18. The first kappa shape index (κ1) is 22.9. The Hall–Kier alpha value is -3.26. The highest BCUT2D eigenvalue weighted by atomic mass is 32.2. The van der Waals surface area contributed by atoms with Crippen molar-refractivity contribution >= 4 is 29.3 Å². The van der Waals surface area contributed by atoms with Crippen LogP contribution in [0, 0.1) is 6.92 Å². The summed E-state index contributed by atoms with van der Waals surface area (Å²) >= 11 is 1.40. The largest absolute Gasteiger partial charge is 0.452 e. The number of hydrogen-bond acceptors (Lipinski definition) is 5. The fraction of sp³-hybridized carbons (Fsp3) is 0.320. The van der Waals surface area contributed by atoms with E-state index in [0.717, 1.165) is 17.7 Å². The van der Waals surface area contributed by atoms with Crippen molar-refractivity contribution in [2.24, 2.45) is 7.05 Å². The first-order chi connectivity index (χ1) is 15.8. The summed E-state index contributed by atoms with van der Waals surface area (Å²) in [5.74, 6) is -0.909. The van der Waals surface area contributed by atoms with E-state index in [4.69, 9.17) is 4.74 Å². The lowest BCUT2D eigenvalue weighted by molar-refractivity contribution is -0.150. The fourth-order valence-corrected chi connectivity index (χ4v) is 4.74. The maximum Gasteiger partial charge on any atom is 0.317 e. The number of amides is 1. The van der Waals surface area contributed by atoms with Crippen LogP contribution in [0.15, 0.2) is 58.2 Å². The van der Waals surface area contributed by atoms with E-state index < -0.39 is 18.0 Å². The summed E-state index contributed by atoms with van der Waals surface area (Å²) in [7, 11) is 1.75. The minimum Gasteiger partial charge on any atom is -0.452 e. The van der Waals surface area contributed by atoms with Gasteiger partial charge >= 0.3 is 5.97 Å². The zero-order valence-electron chi connectivity index (χ0n) is 19.0. The number of aromatic nitrogens is 2. The zero-order chi connectivity index (χ0) is 23.5. The molecule has 0 radical (unpaired) electrons. The van der Waals surface area contributed by atoms with Crippen LogP contribution >= 0.6 is 11.8 Å². The number of anilines is 1. The van der Waals surface area contributed by atoms with Gasteiger partial charge in [-0.25, -0.2) is 4.68 Å². The number of carbonyl (C=O) groups is 2. The third-order valence-corrected chi connectivity index (χ3v) is 6.87. The van der Waals surface area contributed by atoms with Crippen LogP contribution < -0.4 is 10.9 Å². The summed E-state index contributed by atoms with van der Waals surface area (Å²) in [6.07, 6.45) is 2.35. The van der Waals surface area contributed by atoms with Gasteiger partial charge in [0.2, 0.25) is 0 Å². The molecule has 0 spiro atoms. The van der Waals surface area contributed by atoms with Crippen molar-refractivity contribution in [1.82, 2.24) is 9.36 Å². The van der Waals surface area contributed by atoms with E-state index in [0.29, 0.717) is 11.4 Å². The molecule has 8 heteroatoms. The number of hydrogen-bond donors (Lipinski definition) is 1. The quantitative estimate of drug-likeness (QED) is 0.426. The number of carbonyl (C=O) groups excluding carboxylic acids is 2. The summed E-state index contributed by atoms with van der Waals surface area (Å²) in [4.78, 5) is 38.9. The highest BCUT2D eigenvalue weighted by Gasteiger charge is 2.23. The van der Waals surface area contributed by atoms with Crippen LogP contribution in [0.4, 0.5) is 5.69 Å². The van der Waals surface area contributed by atoms with Crippen molar-refractivity contribution in [1.29, 1.82) is 0 Å². The number of fused-ring (bicyclic) bond motifs is 1. The summed E-state index contributed by atoms with van der Waals surface area (Å²) in [6, 6.07) is 15.4. The monoisotopic (exact) mass is 465 g/mol. The molecular formula is C25H27N3O4S. The minimum atomic E-state index is -1.03. The van der Waals surface area contributed by atoms with Gasteiger partial charge in [0.05, 0.1) is 17.1 Å². The van der Waals surface area contributed by atoms with Crippen LogP contribution in [0.25, 0.3) is 5.69 Å². The van der Waals surface area contributed by atoms with Gasteiger partial charge in [0.25, 0.3) is 11.5 Å². The van der Waals surface area contributed by atoms with Gasteiger partial charge in [0, 0.05) is 11.9 Å². The van der Waals surface area contributed by atoms with E-state index in [1.165, 1.54) is 40.9 Å². The molecule has 3 aromatic rings. The Morgan fingerprint density at radius 3 is 2.61 bits per heavy atom. The molecule has 0 saturated carbocycles. The van der Waals surface area contributed by atoms with E-state index in [1.54, 1.807) is 18.7 Å². The Labute approximate surface area is 196 Å². The van der Waals surface area contributed by atoms with Crippen LogP contribution in [-0.4, -0.2) is 33.1 Å². The van der Waals surface area contributed by atoms with Crippen molar-refractivity contribution in [3.63, 3.8) is 0 Å².